The zero-order chi connectivity index (χ0) is 23.4. The van der Waals surface area contributed by atoms with Gasteiger partial charge in [-0.05, 0) is 44.4 Å². The standard InChI is InChI=1S/C25H40N4O2S2/c1-4-18(2)33-19(3)15-28-16-21(14-23(28)25(31)27-11-9-26-10-12-27)29(24(30)20-7-8-20)17-22-6-5-13-32-22/h4,6,19-21,23,26H,5,7-17H2,1-3H3/b18-4-. The second-order valence-electron chi connectivity index (χ2n) is 9.81. The fourth-order valence-corrected chi connectivity index (χ4v) is 7.11. The van der Waals surface area contributed by atoms with Crippen molar-refractivity contribution in [3.63, 3.8) is 0 Å². The summed E-state index contributed by atoms with van der Waals surface area (Å²) in [6, 6.07) is -0.00106. The fraction of sp³-hybridized carbons (Fsp3) is 0.760. The Labute approximate surface area is 207 Å². The summed E-state index contributed by atoms with van der Waals surface area (Å²) < 4.78 is 0. The van der Waals surface area contributed by atoms with Crippen LogP contribution in [0.5, 0.6) is 0 Å². The molecule has 0 aromatic heterocycles. The summed E-state index contributed by atoms with van der Waals surface area (Å²) in [5, 5.41) is 3.76. The number of hydrogen-bond donors (Lipinski definition) is 1. The average molecular weight is 493 g/mol. The molecule has 3 unspecified atom stereocenters. The molecule has 0 bridgehead atoms. The average Bonchev–Trinajstić information content (AvgIpc) is 3.40. The van der Waals surface area contributed by atoms with Crippen molar-refractivity contribution in [1.29, 1.82) is 0 Å². The first-order valence-corrected chi connectivity index (χ1v) is 14.5. The highest BCUT2D eigenvalue weighted by molar-refractivity contribution is 8.03. The van der Waals surface area contributed by atoms with Crippen molar-refractivity contribution in [3.8, 4) is 0 Å². The van der Waals surface area contributed by atoms with Crippen LogP contribution in [-0.2, 0) is 9.59 Å². The van der Waals surface area contributed by atoms with E-state index in [0.29, 0.717) is 11.2 Å². The van der Waals surface area contributed by atoms with Crippen molar-refractivity contribution in [2.45, 2.75) is 63.8 Å². The zero-order valence-corrected chi connectivity index (χ0v) is 22.1. The number of piperazine rings is 1. The molecule has 1 saturated carbocycles. The Balaban J connectivity index is 1.50. The normalized spacial score (nSPS) is 27.5. The maximum atomic E-state index is 13.6. The van der Waals surface area contributed by atoms with Gasteiger partial charge >= 0.3 is 0 Å². The van der Waals surface area contributed by atoms with E-state index >= 15 is 0 Å². The molecule has 3 aliphatic heterocycles. The minimum absolute atomic E-state index is 0.122. The van der Waals surface area contributed by atoms with Crippen LogP contribution in [0.3, 0.4) is 0 Å². The number of carbonyl (C=O) groups excluding carboxylic acids is 2. The lowest BCUT2D eigenvalue weighted by molar-refractivity contribution is -0.137. The van der Waals surface area contributed by atoms with Gasteiger partial charge in [-0.15, -0.1) is 23.5 Å². The lowest BCUT2D eigenvalue weighted by atomic mass is 10.1. The molecular formula is C25H40N4O2S2. The maximum Gasteiger partial charge on any atom is 0.240 e. The molecule has 3 atom stereocenters. The summed E-state index contributed by atoms with van der Waals surface area (Å²) in [7, 11) is 0. The van der Waals surface area contributed by atoms with E-state index in [-0.39, 0.29) is 23.9 Å². The second kappa shape index (κ2) is 11.6. The Morgan fingerprint density at radius 1 is 1.33 bits per heavy atom. The van der Waals surface area contributed by atoms with Crippen LogP contribution in [0.1, 0.15) is 46.5 Å². The molecule has 0 radical (unpaired) electrons. The number of carbonyl (C=O) groups is 2. The monoisotopic (exact) mass is 492 g/mol. The summed E-state index contributed by atoms with van der Waals surface area (Å²) in [6.45, 7) is 12.2. The van der Waals surface area contributed by atoms with E-state index in [4.69, 9.17) is 0 Å². The lowest BCUT2D eigenvalue weighted by Gasteiger charge is -2.33. The zero-order valence-electron chi connectivity index (χ0n) is 20.4. The van der Waals surface area contributed by atoms with Crippen LogP contribution in [0.4, 0.5) is 0 Å². The fourth-order valence-electron chi connectivity index (χ4n) is 5.11. The van der Waals surface area contributed by atoms with E-state index in [9.17, 15) is 9.59 Å². The third-order valence-corrected chi connectivity index (χ3v) is 9.40. The van der Waals surface area contributed by atoms with E-state index in [1.807, 2.05) is 28.4 Å². The van der Waals surface area contributed by atoms with E-state index in [1.165, 1.54) is 9.81 Å². The smallest absolute Gasteiger partial charge is 0.240 e. The third kappa shape index (κ3) is 6.59. The highest BCUT2D eigenvalue weighted by atomic mass is 32.2. The minimum atomic E-state index is -0.123. The molecule has 3 heterocycles. The summed E-state index contributed by atoms with van der Waals surface area (Å²) in [4.78, 5) is 36.2. The molecule has 1 N–H and O–H groups in total. The number of amides is 2. The molecule has 0 aromatic rings. The number of allylic oxidation sites excluding steroid dienone is 3. The van der Waals surface area contributed by atoms with Crippen LogP contribution in [0.15, 0.2) is 22.0 Å². The Kier molecular flexibility index (Phi) is 8.87. The molecule has 3 fully saturated rings. The topological polar surface area (TPSA) is 55.9 Å². The van der Waals surface area contributed by atoms with Gasteiger partial charge in [0.05, 0.1) is 12.6 Å². The van der Waals surface area contributed by atoms with Gasteiger partial charge in [-0.25, -0.2) is 0 Å². The van der Waals surface area contributed by atoms with Crippen LogP contribution in [0.2, 0.25) is 0 Å². The van der Waals surface area contributed by atoms with Gasteiger partial charge in [-0.3, -0.25) is 14.5 Å². The molecule has 2 amide bonds. The molecule has 4 rings (SSSR count). The summed E-state index contributed by atoms with van der Waals surface area (Å²) in [6.07, 6.45) is 8.37. The van der Waals surface area contributed by atoms with Crippen molar-refractivity contribution >= 4 is 35.3 Å². The maximum absolute atomic E-state index is 13.6. The molecular weight excluding hydrogens is 452 g/mol. The van der Waals surface area contributed by atoms with Gasteiger partial charge in [0.2, 0.25) is 11.8 Å². The van der Waals surface area contributed by atoms with Crippen molar-refractivity contribution in [1.82, 2.24) is 20.0 Å². The Morgan fingerprint density at radius 3 is 2.73 bits per heavy atom. The third-order valence-electron chi connectivity index (χ3n) is 7.13. The van der Waals surface area contributed by atoms with Crippen LogP contribution < -0.4 is 5.32 Å². The van der Waals surface area contributed by atoms with Crippen molar-refractivity contribution in [2.24, 2.45) is 5.92 Å². The van der Waals surface area contributed by atoms with Crippen LogP contribution >= 0.6 is 23.5 Å². The van der Waals surface area contributed by atoms with Gasteiger partial charge in [-0.2, -0.15) is 0 Å². The van der Waals surface area contributed by atoms with Crippen molar-refractivity contribution < 1.29 is 9.59 Å². The van der Waals surface area contributed by atoms with Gasteiger partial charge in [0, 0.05) is 67.1 Å². The van der Waals surface area contributed by atoms with Gasteiger partial charge < -0.3 is 15.1 Å². The predicted octanol–water partition coefficient (Wildman–Crippen LogP) is 3.17. The van der Waals surface area contributed by atoms with Crippen LogP contribution in [0.25, 0.3) is 0 Å². The molecule has 33 heavy (non-hydrogen) atoms. The quantitative estimate of drug-likeness (QED) is 0.534. The number of nitrogens with one attached hydrogen (secondary N) is 1. The van der Waals surface area contributed by atoms with E-state index in [0.717, 1.165) is 77.2 Å². The predicted molar refractivity (Wildman–Crippen MR) is 139 cm³/mol. The van der Waals surface area contributed by atoms with Crippen molar-refractivity contribution in [2.75, 3.05) is 51.6 Å². The molecule has 2 saturated heterocycles. The SMILES string of the molecule is C/C=C(/C)SC(C)CN1CC(N(CC2=CCCS2)C(=O)C2CC2)CC1C(=O)N1CCNCC1. The summed E-state index contributed by atoms with van der Waals surface area (Å²) in [5.74, 6) is 1.91. The highest BCUT2D eigenvalue weighted by Crippen LogP contribution is 2.36. The Morgan fingerprint density at radius 2 is 2.09 bits per heavy atom. The number of thioether (sulfide) groups is 2. The molecule has 0 spiro atoms. The number of rotatable bonds is 9. The van der Waals surface area contributed by atoms with Crippen LogP contribution in [0, 0.1) is 5.92 Å². The number of likely N-dealkylation sites (tertiary alicyclic amines) is 1. The lowest BCUT2D eigenvalue weighted by Crippen LogP contribution is -2.53. The van der Waals surface area contributed by atoms with Gasteiger partial charge in [0.15, 0.2) is 0 Å². The minimum Gasteiger partial charge on any atom is -0.339 e. The molecule has 4 aliphatic rings. The first-order valence-electron chi connectivity index (χ1n) is 12.6. The Bertz CT molecular complexity index is 776. The van der Waals surface area contributed by atoms with Gasteiger partial charge in [0.1, 0.15) is 0 Å². The largest absolute Gasteiger partial charge is 0.339 e. The van der Waals surface area contributed by atoms with Crippen molar-refractivity contribution in [3.05, 3.63) is 22.0 Å². The molecule has 0 aromatic carbocycles. The van der Waals surface area contributed by atoms with E-state index in [2.05, 4.69) is 48.0 Å². The Hall–Kier alpha value is -0.960. The van der Waals surface area contributed by atoms with Gasteiger partial charge in [-0.1, -0.05) is 19.1 Å². The van der Waals surface area contributed by atoms with E-state index < -0.39 is 0 Å². The second-order valence-corrected chi connectivity index (χ2v) is 12.7. The van der Waals surface area contributed by atoms with E-state index in [1.54, 1.807) is 0 Å². The molecule has 8 heteroatoms. The van der Waals surface area contributed by atoms with Gasteiger partial charge in [0.25, 0.3) is 0 Å². The first kappa shape index (κ1) is 25.1. The summed E-state index contributed by atoms with van der Waals surface area (Å²) in [5.41, 5.74) is 0. The molecule has 6 nitrogen and oxygen atoms in total. The number of hydrogen-bond acceptors (Lipinski definition) is 6. The number of nitrogens with zero attached hydrogens (tertiary/aromatic N) is 3. The summed E-state index contributed by atoms with van der Waals surface area (Å²) >= 11 is 3.78. The first-order chi connectivity index (χ1) is 16.0. The van der Waals surface area contributed by atoms with Crippen LogP contribution in [-0.4, -0.2) is 95.4 Å². The molecule has 1 aliphatic carbocycles. The highest BCUT2D eigenvalue weighted by Gasteiger charge is 2.45. The molecule has 184 valence electrons.